The van der Waals surface area contributed by atoms with Crippen LogP contribution in [0.15, 0.2) is 58.1 Å². The largest absolute Gasteiger partial charge is 0.497 e. The molecule has 0 aliphatic heterocycles. The molecule has 212 valence electrons. The number of Topliss-reactive ketones (excluding diaryl/α,β-unsaturated/α-hetero) is 1. The zero-order valence-electron chi connectivity index (χ0n) is 23.7. The number of fused-ring (bicyclic) bond motifs is 1. The van der Waals surface area contributed by atoms with Crippen molar-refractivity contribution in [2.75, 3.05) is 26.7 Å². The normalized spacial score (nSPS) is 11.6. The number of rotatable bonds is 13. The number of benzene rings is 1. The minimum atomic E-state index is -0.702. The summed E-state index contributed by atoms with van der Waals surface area (Å²) in [6, 6.07) is 11.7. The van der Waals surface area contributed by atoms with Gasteiger partial charge < -0.3 is 19.8 Å². The average molecular weight is 557 g/mol. The van der Waals surface area contributed by atoms with Crippen LogP contribution in [0.1, 0.15) is 58.0 Å². The maximum absolute atomic E-state index is 12.8. The summed E-state index contributed by atoms with van der Waals surface area (Å²) in [4.78, 5) is 41.8. The van der Waals surface area contributed by atoms with Crippen LogP contribution in [0.4, 0.5) is 0 Å². The van der Waals surface area contributed by atoms with E-state index in [4.69, 9.17) is 9.15 Å². The molecule has 0 fully saturated rings. The second-order valence-corrected chi connectivity index (χ2v) is 10.8. The molecule has 0 spiro atoms. The van der Waals surface area contributed by atoms with E-state index in [0.717, 1.165) is 35.7 Å². The number of pyridine rings is 1. The van der Waals surface area contributed by atoms with E-state index < -0.39 is 17.9 Å². The fraction of sp³-hybridized carbons (Fsp3) is 0.448. The molecule has 0 radical (unpaired) electrons. The third kappa shape index (κ3) is 11.5. The van der Waals surface area contributed by atoms with Crippen molar-refractivity contribution in [3.8, 4) is 5.75 Å². The first-order valence-electron chi connectivity index (χ1n) is 13.1. The Kier molecular flexibility index (Phi) is 13.5. The second-order valence-electron chi connectivity index (χ2n) is 9.66. The maximum Gasteiger partial charge on any atom is 0.287 e. The molecule has 0 aliphatic rings. The van der Waals surface area contributed by atoms with Crippen molar-refractivity contribution in [1.82, 2.24) is 19.9 Å². The van der Waals surface area contributed by atoms with Crippen LogP contribution in [-0.4, -0.2) is 59.7 Å². The van der Waals surface area contributed by atoms with Crippen LogP contribution in [0.25, 0.3) is 11.0 Å². The number of aromatic nitrogens is 1. The summed E-state index contributed by atoms with van der Waals surface area (Å²) in [6.07, 6.45) is 3.65. The van der Waals surface area contributed by atoms with Gasteiger partial charge in [-0.2, -0.15) is 0 Å². The van der Waals surface area contributed by atoms with E-state index in [1.165, 1.54) is 11.9 Å². The van der Waals surface area contributed by atoms with Gasteiger partial charge in [0.05, 0.1) is 26.2 Å². The third-order valence-electron chi connectivity index (χ3n) is 5.17. The molecule has 3 aromatic rings. The van der Waals surface area contributed by atoms with Crippen LogP contribution >= 0.6 is 11.9 Å². The first-order valence-corrected chi connectivity index (χ1v) is 13.9. The van der Waals surface area contributed by atoms with Crippen molar-refractivity contribution in [1.29, 1.82) is 0 Å². The molecular formula is C29H40N4O5S. The SMILES string of the molecule is CC(C)C.CCCCN(CC(=O)C(C)NC(=O)CNC(=O)c1cc2cc(OC)ccc2o1)Sc1ccccn1. The molecule has 1 aromatic carbocycles. The van der Waals surface area contributed by atoms with Crippen molar-refractivity contribution >= 4 is 40.5 Å². The zero-order chi connectivity index (χ0) is 28.8. The van der Waals surface area contributed by atoms with E-state index in [-0.39, 0.29) is 24.6 Å². The molecule has 1 atom stereocenters. The summed E-state index contributed by atoms with van der Waals surface area (Å²) in [7, 11) is 1.56. The van der Waals surface area contributed by atoms with Gasteiger partial charge in [-0.3, -0.25) is 14.4 Å². The lowest BCUT2D eigenvalue weighted by Crippen LogP contribution is -2.46. The van der Waals surface area contributed by atoms with Crippen LogP contribution in [0, 0.1) is 5.92 Å². The number of nitrogens with one attached hydrogen (secondary N) is 2. The van der Waals surface area contributed by atoms with E-state index >= 15 is 0 Å². The molecule has 10 heteroatoms. The minimum Gasteiger partial charge on any atom is -0.497 e. The quantitative estimate of drug-likeness (QED) is 0.279. The van der Waals surface area contributed by atoms with Crippen LogP contribution in [-0.2, 0) is 9.59 Å². The number of hydrogen-bond acceptors (Lipinski definition) is 8. The molecule has 2 aromatic heterocycles. The second kappa shape index (κ2) is 16.6. The molecule has 9 nitrogen and oxygen atoms in total. The first kappa shape index (κ1) is 31.8. The molecule has 0 aliphatic carbocycles. The van der Waals surface area contributed by atoms with E-state index in [2.05, 4.69) is 43.3 Å². The molecule has 2 amide bonds. The summed E-state index contributed by atoms with van der Waals surface area (Å²) in [5.41, 5.74) is 0.538. The number of ether oxygens (including phenoxy) is 1. The Morgan fingerprint density at radius 1 is 1.10 bits per heavy atom. The standard InChI is InChI=1S/C25H30N4O5S.C4H10/c1-4-5-12-29(35-24-8-6-7-11-26-24)16-20(30)17(2)28-23(31)15-27-25(32)22-14-18-13-19(33-3)9-10-21(18)34-22;1-4(2)3/h6-11,13-14,17H,4-5,12,15-16H2,1-3H3,(H,27,32)(H,28,31);4H,1-3H3. The van der Waals surface area contributed by atoms with Gasteiger partial charge in [-0.25, -0.2) is 9.29 Å². The molecule has 1 unspecified atom stereocenters. The van der Waals surface area contributed by atoms with E-state index in [0.29, 0.717) is 11.3 Å². The predicted octanol–water partition coefficient (Wildman–Crippen LogP) is 5.11. The highest BCUT2D eigenvalue weighted by molar-refractivity contribution is 7.97. The van der Waals surface area contributed by atoms with Gasteiger partial charge in [0.25, 0.3) is 5.91 Å². The van der Waals surface area contributed by atoms with Gasteiger partial charge in [-0.05, 0) is 67.6 Å². The number of nitrogens with zero attached hydrogens (tertiary/aromatic N) is 2. The topological polar surface area (TPSA) is 114 Å². The number of unbranched alkanes of at least 4 members (excludes halogenated alkanes) is 1. The molecule has 2 N–H and O–H groups in total. The Bertz CT molecular complexity index is 1200. The minimum absolute atomic E-state index is 0.0864. The van der Waals surface area contributed by atoms with E-state index in [1.807, 2.05) is 22.5 Å². The van der Waals surface area contributed by atoms with Gasteiger partial charge in [0.15, 0.2) is 11.5 Å². The maximum atomic E-state index is 12.8. The van der Waals surface area contributed by atoms with Crippen molar-refractivity contribution in [3.63, 3.8) is 0 Å². The highest BCUT2D eigenvalue weighted by Crippen LogP contribution is 2.24. The Labute approximate surface area is 235 Å². The molecule has 3 rings (SSSR count). The van der Waals surface area contributed by atoms with E-state index in [9.17, 15) is 14.4 Å². The van der Waals surface area contributed by atoms with Crippen LogP contribution in [0.2, 0.25) is 0 Å². The Morgan fingerprint density at radius 3 is 2.49 bits per heavy atom. The van der Waals surface area contributed by atoms with Gasteiger partial charge >= 0.3 is 0 Å². The summed E-state index contributed by atoms with van der Waals surface area (Å²) in [6.45, 7) is 10.8. The van der Waals surface area contributed by atoms with Gasteiger partial charge in [-0.1, -0.05) is 40.2 Å². The molecular weight excluding hydrogens is 516 g/mol. The number of hydrogen-bond donors (Lipinski definition) is 2. The summed E-state index contributed by atoms with van der Waals surface area (Å²) >= 11 is 1.42. The smallest absolute Gasteiger partial charge is 0.287 e. The van der Waals surface area contributed by atoms with Crippen LogP contribution in [0.3, 0.4) is 0 Å². The summed E-state index contributed by atoms with van der Waals surface area (Å²) < 4.78 is 12.7. The van der Waals surface area contributed by atoms with Crippen LogP contribution < -0.4 is 15.4 Å². The number of ketones is 1. The van der Waals surface area contributed by atoms with Gasteiger partial charge in [0.2, 0.25) is 5.91 Å². The summed E-state index contributed by atoms with van der Waals surface area (Å²) in [5.74, 6) is 0.454. The van der Waals surface area contributed by atoms with Gasteiger partial charge in [0, 0.05) is 18.1 Å². The summed E-state index contributed by atoms with van der Waals surface area (Å²) in [5, 5.41) is 6.70. The average Bonchev–Trinajstić information content (AvgIpc) is 3.34. The van der Waals surface area contributed by atoms with Crippen molar-refractivity contribution in [2.24, 2.45) is 5.92 Å². The van der Waals surface area contributed by atoms with Crippen molar-refractivity contribution in [3.05, 3.63) is 54.4 Å². The predicted molar refractivity (Wildman–Crippen MR) is 155 cm³/mol. The number of furan rings is 1. The zero-order valence-corrected chi connectivity index (χ0v) is 24.5. The lowest BCUT2D eigenvalue weighted by atomic mass is 10.2. The monoisotopic (exact) mass is 556 g/mol. The van der Waals surface area contributed by atoms with E-state index in [1.54, 1.807) is 44.5 Å². The third-order valence-corrected chi connectivity index (χ3v) is 6.17. The Morgan fingerprint density at radius 2 is 1.85 bits per heavy atom. The highest BCUT2D eigenvalue weighted by Gasteiger charge is 2.21. The van der Waals surface area contributed by atoms with Gasteiger partial charge in [-0.15, -0.1) is 0 Å². The number of carbonyl (C=O) groups is 3. The number of amides is 2. The first-order chi connectivity index (χ1) is 18.6. The molecule has 39 heavy (non-hydrogen) atoms. The van der Waals surface area contributed by atoms with Gasteiger partial charge in [0.1, 0.15) is 16.4 Å². The lowest BCUT2D eigenvalue weighted by molar-refractivity contribution is -0.126. The molecule has 0 bridgehead atoms. The van der Waals surface area contributed by atoms with Crippen molar-refractivity contribution in [2.45, 2.75) is 58.5 Å². The van der Waals surface area contributed by atoms with Crippen molar-refractivity contribution < 1.29 is 23.5 Å². The fourth-order valence-corrected chi connectivity index (χ4v) is 4.14. The molecule has 0 saturated heterocycles. The Hall–Kier alpha value is -3.37. The lowest BCUT2D eigenvalue weighted by Gasteiger charge is -2.22. The molecule has 2 heterocycles. The Balaban J connectivity index is 0.00000124. The van der Waals surface area contributed by atoms with Crippen LogP contribution in [0.5, 0.6) is 5.75 Å². The highest BCUT2D eigenvalue weighted by atomic mass is 32.2. The number of methoxy groups -OCH3 is 1. The molecule has 0 saturated carbocycles. The number of carbonyl (C=O) groups excluding carboxylic acids is 3. The fourth-order valence-electron chi connectivity index (χ4n) is 3.22.